The Bertz CT molecular complexity index is 1080. The predicted molar refractivity (Wildman–Crippen MR) is 100 cm³/mol. The minimum atomic E-state index is -0.407. The normalized spacial score (nSPS) is 14.7. The summed E-state index contributed by atoms with van der Waals surface area (Å²) < 4.78 is 5.79. The van der Waals surface area contributed by atoms with Crippen LogP contribution >= 0.6 is 11.8 Å². The topological polar surface area (TPSA) is 73.3 Å². The molecular formula is C20H13NO4S. The molecule has 0 radical (unpaired) electrons. The van der Waals surface area contributed by atoms with Gasteiger partial charge in [0, 0.05) is 27.7 Å². The maximum Gasteiger partial charge on any atom is 0.273 e. The summed E-state index contributed by atoms with van der Waals surface area (Å²) in [7, 11) is 0. The summed E-state index contributed by atoms with van der Waals surface area (Å²) in [6.07, 6.45) is 1.71. The van der Waals surface area contributed by atoms with E-state index in [2.05, 4.69) is 0 Å². The summed E-state index contributed by atoms with van der Waals surface area (Å²) in [5.41, 5.74) is 1.97. The van der Waals surface area contributed by atoms with E-state index in [0.717, 1.165) is 4.90 Å². The molecule has 0 amide bonds. The number of Topliss-reactive ketones (excluding diaryl/α,β-unsaturated/α-hetero) is 1. The van der Waals surface area contributed by atoms with E-state index in [0.29, 0.717) is 33.1 Å². The van der Waals surface area contributed by atoms with Gasteiger partial charge >= 0.3 is 0 Å². The van der Waals surface area contributed by atoms with Crippen molar-refractivity contribution < 1.29 is 14.1 Å². The minimum Gasteiger partial charge on any atom is -0.457 e. The number of carbonyl (C=O) groups excluding carboxylic acids is 1. The molecule has 0 aliphatic carbocycles. The van der Waals surface area contributed by atoms with Crippen LogP contribution in [0.3, 0.4) is 0 Å². The largest absolute Gasteiger partial charge is 0.457 e. The lowest BCUT2D eigenvalue weighted by Gasteiger charge is -2.00. The molecule has 0 saturated carbocycles. The molecule has 0 N–H and O–H groups in total. The Balaban J connectivity index is 1.65. The number of nitro benzene ring substituents is 1. The number of allylic oxidation sites excluding steroid dienone is 1. The second-order valence-corrected chi connectivity index (χ2v) is 6.98. The van der Waals surface area contributed by atoms with Crippen LogP contribution in [-0.2, 0) is 0 Å². The van der Waals surface area contributed by atoms with Crippen LogP contribution in [0.25, 0.3) is 17.4 Å². The van der Waals surface area contributed by atoms with Crippen molar-refractivity contribution in [3.63, 3.8) is 0 Å². The molecule has 0 fully saturated rings. The predicted octanol–water partition coefficient (Wildman–Crippen LogP) is 5.49. The first-order valence-electron chi connectivity index (χ1n) is 7.91. The van der Waals surface area contributed by atoms with Gasteiger partial charge in [0.15, 0.2) is 0 Å². The lowest BCUT2D eigenvalue weighted by atomic mass is 10.1. The molecule has 0 spiro atoms. The molecule has 26 heavy (non-hydrogen) atoms. The third-order valence-electron chi connectivity index (χ3n) is 4.17. The monoisotopic (exact) mass is 363 g/mol. The highest BCUT2D eigenvalue weighted by Crippen LogP contribution is 2.41. The first-order chi connectivity index (χ1) is 12.5. The fourth-order valence-corrected chi connectivity index (χ4v) is 3.84. The van der Waals surface area contributed by atoms with Gasteiger partial charge in [-0.3, -0.25) is 14.9 Å². The van der Waals surface area contributed by atoms with E-state index >= 15 is 0 Å². The van der Waals surface area contributed by atoms with Crippen molar-refractivity contribution in [3.8, 4) is 11.3 Å². The van der Waals surface area contributed by atoms with Gasteiger partial charge in [0.2, 0.25) is 5.78 Å². The van der Waals surface area contributed by atoms with Crippen molar-refractivity contribution >= 4 is 29.3 Å². The summed E-state index contributed by atoms with van der Waals surface area (Å²) >= 11 is 1.41. The Hall–Kier alpha value is -3.12. The number of benzene rings is 2. The van der Waals surface area contributed by atoms with Gasteiger partial charge in [-0.05, 0) is 37.3 Å². The van der Waals surface area contributed by atoms with Crippen molar-refractivity contribution in [2.24, 2.45) is 0 Å². The summed E-state index contributed by atoms with van der Waals surface area (Å²) in [6.45, 7) is 1.69. The second-order valence-electron chi connectivity index (χ2n) is 5.90. The molecule has 1 aromatic heterocycles. The van der Waals surface area contributed by atoms with Crippen LogP contribution in [0.1, 0.15) is 21.7 Å². The highest BCUT2D eigenvalue weighted by molar-refractivity contribution is 8.04. The number of aryl methyl sites for hydroxylation is 1. The standard InChI is InChI=1S/C20H13NO4S/c1-12-6-7-13(10-16(12)21(23)24)17-9-8-14(25-17)11-19-20(22)15-4-2-3-5-18(15)26-19/h2-11H,1H3/b19-11-. The Morgan fingerprint density at radius 1 is 1.12 bits per heavy atom. The van der Waals surface area contributed by atoms with Gasteiger partial charge in [0.25, 0.3) is 5.69 Å². The van der Waals surface area contributed by atoms with Crippen LogP contribution < -0.4 is 0 Å². The van der Waals surface area contributed by atoms with Crippen molar-refractivity contribution in [1.29, 1.82) is 0 Å². The number of hydrogen-bond acceptors (Lipinski definition) is 5. The Labute approximate surface area is 153 Å². The molecule has 2 aromatic carbocycles. The Morgan fingerprint density at radius 3 is 2.69 bits per heavy atom. The number of hydrogen-bond donors (Lipinski definition) is 0. The molecule has 3 aromatic rings. The average Bonchev–Trinajstić information content (AvgIpc) is 3.21. The molecule has 1 aliphatic rings. The molecular weight excluding hydrogens is 350 g/mol. The molecule has 0 atom stereocenters. The number of nitrogens with zero attached hydrogens (tertiary/aromatic N) is 1. The zero-order chi connectivity index (χ0) is 18.3. The van der Waals surface area contributed by atoms with E-state index < -0.39 is 4.92 Å². The zero-order valence-electron chi connectivity index (χ0n) is 13.8. The first kappa shape index (κ1) is 16.4. The number of ketones is 1. The molecule has 4 rings (SSSR count). The van der Waals surface area contributed by atoms with Crippen LogP contribution in [0.5, 0.6) is 0 Å². The van der Waals surface area contributed by atoms with Crippen LogP contribution in [0.15, 0.2) is 68.8 Å². The highest BCUT2D eigenvalue weighted by Gasteiger charge is 2.25. The van der Waals surface area contributed by atoms with Gasteiger partial charge in [-0.25, -0.2) is 0 Å². The van der Waals surface area contributed by atoms with E-state index in [-0.39, 0.29) is 11.5 Å². The van der Waals surface area contributed by atoms with E-state index in [4.69, 9.17) is 4.42 Å². The minimum absolute atomic E-state index is 0.0190. The van der Waals surface area contributed by atoms with E-state index in [9.17, 15) is 14.9 Å². The van der Waals surface area contributed by atoms with E-state index in [1.165, 1.54) is 17.8 Å². The fourth-order valence-electron chi connectivity index (χ4n) is 2.81. The summed E-state index contributed by atoms with van der Waals surface area (Å²) in [6, 6.07) is 15.9. The summed E-state index contributed by atoms with van der Waals surface area (Å²) in [5.74, 6) is 1.04. The number of fused-ring (bicyclic) bond motifs is 1. The number of nitro groups is 1. The molecule has 0 saturated heterocycles. The smallest absolute Gasteiger partial charge is 0.273 e. The molecule has 0 unspecified atom stereocenters. The van der Waals surface area contributed by atoms with Gasteiger partial charge in [0.1, 0.15) is 11.5 Å². The van der Waals surface area contributed by atoms with Crippen LogP contribution in [-0.4, -0.2) is 10.7 Å². The zero-order valence-corrected chi connectivity index (χ0v) is 14.6. The lowest BCUT2D eigenvalue weighted by Crippen LogP contribution is -1.93. The number of thioether (sulfide) groups is 1. The quantitative estimate of drug-likeness (QED) is 0.349. The van der Waals surface area contributed by atoms with Crippen molar-refractivity contribution in [2.75, 3.05) is 0 Å². The fraction of sp³-hybridized carbons (Fsp3) is 0.0500. The Kier molecular flexibility index (Phi) is 3.97. The van der Waals surface area contributed by atoms with Gasteiger partial charge in [-0.2, -0.15) is 0 Å². The first-order valence-corrected chi connectivity index (χ1v) is 8.73. The van der Waals surface area contributed by atoms with Gasteiger partial charge in [0.05, 0.1) is 9.83 Å². The third-order valence-corrected chi connectivity index (χ3v) is 5.26. The second kappa shape index (κ2) is 6.31. The van der Waals surface area contributed by atoms with Crippen LogP contribution in [0.2, 0.25) is 0 Å². The Morgan fingerprint density at radius 2 is 1.92 bits per heavy atom. The molecule has 1 aliphatic heterocycles. The lowest BCUT2D eigenvalue weighted by molar-refractivity contribution is -0.385. The number of rotatable bonds is 3. The third kappa shape index (κ3) is 2.84. The summed E-state index contributed by atoms with van der Waals surface area (Å²) in [5, 5.41) is 11.1. The maximum absolute atomic E-state index is 12.4. The molecule has 2 heterocycles. The van der Waals surface area contributed by atoms with Crippen molar-refractivity contribution in [2.45, 2.75) is 11.8 Å². The number of carbonyl (C=O) groups is 1. The van der Waals surface area contributed by atoms with Crippen molar-refractivity contribution in [1.82, 2.24) is 0 Å². The number of furan rings is 1. The molecule has 6 heteroatoms. The van der Waals surface area contributed by atoms with Crippen LogP contribution in [0.4, 0.5) is 5.69 Å². The van der Waals surface area contributed by atoms with Gasteiger partial charge in [-0.1, -0.05) is 36.0 Å². The van der Waals surface area contributed by atoms with E-state index in [1.54, 1.807) is 37.3 Å². The van der Waals surface area contributed by atoms with Crippen LogP contribution in [0, 0.1) is 17.0 Å². The summed E-state index contributed by atoms with van der Waals surface area (Å²) in [4.78, 5) is 24.7. The maximum atomic E-state index is 12.4. The molecule has 128 valence electrons. The van der Waals surface area contributed by atoms with E-state index in [1.807, 2.05) is 24.3 Å². The SMILES string of the molecule is Cc1ccc(-c2ccc(/C=C3\Sc4ccccc4C3=O)o2)cc1[N+](=O)[O-]. The highest BCUT2D eigenvalue weighted by atomic mass is 32.2. The average molecular weight is 363 g/mol. The van der Waals surface area contributed by atoms with Crippen molar-refractivity contribution in [3.05, 3.63) is 86.5 Å². The molecule has 5 nitrogen and oxygen atoms in total. The molecule has 0 bridgehead atoms. The van der Waals surface area contributed by atoms with Gasteiger partial charge < -0.3 is 4.42 Å². The van der Waals surface area contributed by atoms with Gasteiger partial charge in [-0.15, -0.1) is 0 Å².